The van der Waals surface area contributed by atoms with Crippen molar-refractivity contribution in [2.75, 3.05) is 13.1 Å². The van der Waals surface area contributed by atoms with E-state index in [0.717, 1.165) is 5.56 Å². The Balaban J connectivity index is 1.13. The Morgan fingerprint density at radius 3 is 2.38 bits per heavy atom. The van der Waals surface area contributed by atoms with Gasteiger partial charge in [-0.2, -0.15) is 0 Å². The SMILES string of the molecule is O=C(CC[C@@H]1CC(CCN2C(=O)c3ccccc3C2=O)=NO1)NC[C@H](NC(=O)OCc1ccccc1)C(=O)O. The molecule has 12 nitrogen and oxygen atoms in total. The van der Waals surface area contributed by atoms with Crippen molar-refractivity contribution < 1.29 is 38.7 Å². The highest BCUT2D eigenvalue weighted by Gasteiger charge is 2.35. The number of hydrogen-bond acceptors (Lipinski definition) is 8. The molecule has 12 heteroatoms. The number of aliphatic carboxylic acids is 1. The van der Waals surface area contributed by atoms with Crippen LogP contribution in [0.1, 0.15) is 52.0 Å². The summed E-state index contributed by atoms with van der Waals surface area (Å²) >= 11 is 0. The molecule has 2 aliphatic rings. The summed E-state index contributed by atoms with van der Waals surface area (Å²) < 4.78 is 5.03. The van der Waals surface area contributed by atoms with E-state index in [1.807, 2.05) is 6.07 Å². The Hall–Kier alpha value is -4.74. The number of imide groups is 1. The number of nitrogens with zero attached hydrogens (tertiary/aromatic N) is 2. The number of carboxylic acid groups (broad SMARTS) is 1. The zero-order chi connectivity index (χ0) is 27.8. The van der Waals surface area contributed by atoms with Gasteiger partial charge in [0.2, 0.25) is 5.91 Å². The fourth-order valence-corrected chi connectivity index (χ4v) is 4.18. The molecule has 204 valence electrons. The second-order valence-corrected chi connectivity index (χ2v) is 9.09. The Morgan fingerprint density at radius 1 is 1.05 bits per heavy atom. The predicted molar refractivity (Wildman–Crippen MR) is 137 cm³/mol. The number of hydrogen-bond donors (Lipinski definition) is 3. The summed E-state index contributed by atoms with van der Waals surface area (Å²) in [5.74, 6) is -2.39. The first-order chi connectivity index (χ1) is 18.8. The summed E-state index contributed by atoms with van der Waals surface area (Å²) in [5, 5.41) is 18.1. The van der Waals surface area contributed by atoms with Crippen LogP contribution in [0.3, 0.4) is 0 Å². The van der Waals surface area contributed by atoms with Crippen molar-refractivity contribution in [1.29, 1.82) is 0 Å². The summed E-state index contributed by atoms with van der Waals surface area (Å²) in [6.45, 7) is -0.156. The Labute approximate surface area is 223 Å². The van der Waals surface area contributed by atoms with Crippen LogP contribution in [0.2, 0.25) is 0 Å². The van der Waals surface area contributed by atoms with Crippen molar-refractivity contribution in [3.63, 3.8) is 0 Å². The van der Waals surface area contributed by atoms with E-state index in [1.165, 1.54) is 4.90 Å². The van der Waals surface area contributed by atoms with Crippen LogP contribution in [0.5, 0.6) is 0 Å². The van der Waals surface area contributed by atoms with Gasteiger partial charge < -0.3 is 25.3 Å². The molecule has 0 saturated carbocycles. The lowest BCUT2D eigenvalue weighted by atomic mass is 10.1. The molecule has 0 unspecified atom stereocenters. The van der Waals surface area contributed by atoms with Crippen LogP contribution < -0.4 is 10.6 Å². The van der Waals surface area contributed by atoms with Gasteiger partial charge in [-0.1, -0.05) is 47.6 Å². The van der Waals surface area contributed by atoms with E-state index in [2.05, 4.69) is 15.8 Å². The number of ether oxygens (including phenoxy) is 1. The number of amides is 4. The number of oxime groups is 1. The second kappa shape index (κ2) is 12.7. The van der Waals surface area contributed by atoms with Crippen molar-refractivity contribution >= 4 is 35.5 Å². The smallest absolute Gasteiger partial charge is 0.408 e. The summed E-state index contributed by atoms with van der Waals surface area (Å²) in [7, 11) is 0. The average Bonchev–Trinajstić information content (AvgIpc) is 3.50. The van der Waals surface area contributed by atoms with Gasteiger partial charge in [-0.25, -0.2) is 9.59 Å². The second-order valence-electron chi connectivity index (χ2n) is 9.09. The maximum absolute atomic E-state index is 12.5. The minimum absolute atomic E-state index is 0.0187. The maximum Gasteiger partial charge on any atom is 0.408 e. The first kappa shape index (κ1) is 27.3. The number of rotatable bonds is 12. The Morgan fingerprint density at radius 2 is 1.72 bits per heavy atom. The van der Waals surface area contributed by atoms with Gasteiger partial charge in [0, 0.05) is 32.4 Å². The molecule has 2 aromatic rings. The quantitative estimate of drug-likeness (QED) is 0.347. The topological polar surface area (TPSA) is 164 Å². The van der Waals surface area contributed by atoms with Crippen LogP contribution in [-0.2, 0) is 25.8 Å². The van der Waals surface area contributed by atoms with Gasteiger partial charge in [0.15, 0.2) is 0 Å². The van der Waals surface area contributed by atoms with Crippen LogP contribution in [0.25, 0.3) is 0 Å². The minimum Gasteiger partial charge on any atom is -0.480 e. The van der Waals surface area contributed by atoms with E-state index < -0.39 is 24.0 Å². The molecule has 2 atom stereocenters. The molecule has 0 spiro atoms. The van der Waals surface area contributed by atoms with Crippen LogP contribution in [0.15, 0.2) is 59.8 Å². The first-order valence-electron chi connectivity index (χ1n) is 12.5. The molecule has 4 amide bonds. The summed E-state index contributed by atoms with van der Waals surface area (Å²) in [6, 6.07) is 14.2. The van der Waals surface area contributed by atoms with Crippen molar-refractivity contribution in [3.8, 4) is 0 Å². The number of carbonyl (C=O) groups excluding carboxylic acids is 4. The highest BCUT2D eigenvalue weighted by atomic mass is 16.6. The Bertz CT molecular complexity index is 1240. The molecule has 0 radical (unpaired) electrons. The molecule has 0 aromatic heterocycles. The number of fused-ring (bicyclic) bond motifs is 1. The van der Waals surface area contributed by atoms with Crippen molar-refractivity contribution in [3.05, 3.63) is 71.3 Å². The molecule has 0 bridgehead atoms. The molecule has 2 aromatic carbocycles. The summed E-state index contributed by atoms with van der Waals surface area (Å²) in [6.07, 6.45) is -0.0731. The fourth-order valence-electron chi connectivity index (χ4n) is 4.18. The number of nitrogens with one attached hydrogen (secondary N) is 2. The lowest BCUT2D eigenvalue weighted by molar-refractivity contribution is -0.139. The third-order valence-corrected chi connectivity index (χ3v) is 6.30. The van der Waals surface area contributed by atoms with E-state index in [1.54, 1.807) is 48.5 Å². The molecular weight excluding hydrogens is 508 g/mol. The summed E-state index contributed by atoms with van der Waals surface area (Å²) in [5.41, 5.74) is 2.21. The summed E-state index contributed by atoms with van der Waals surface area (Å²) in [4.78, 5) is 67.2. The molecule has 0 aliphatic carbocycles. The third kappa shape index (κ3) is 7.18. The molecule has 2 heterocycles. The highest BCUT2D eigenvalue weighted by molar-refractivity contribution is 6.21. The standard InChI is InChI=1S/C27H28N4O8/c32-23(28-15-22(26(35)36)29-27(37)38-16-17-6-2-1-3-7-17)11-10-19-14-18(30-39-19)12-13-31-24(33)20-8-4-5-9-21(20)25(31)34/h1-9,19,22H,10-16H2,(H,28,32)(H,29,37)(H,35,36)/t19-,22+/m1/s1. The van der Waals surface area contributed by atoms with E-state index in [9.17, 15) is 29.1 Å². The van der Waals surface area contributed by atoms with Crippen LogP contribution in [-0.4, -0.2) is 70.7 Å². The van der Waals surface area contributed by atoms with E-state index in [0.29, 0.717) is 36.1 Å². The number of carbonyl (C=O) groups is 5. The van der Waals surface area contributed by atoms with E-state index in [-0.39, 0.29) is 44.0 Å². The van der Waals surface area contributed by atoms with E-state index in [4.69, 9.17) is 9.57 Å². The van der Waals surface area contributed by atoms with Crippen LogP contribution in [0, 0.1) is 0 Å². The van der Waals surface area contributed by atoms with Crippen molar-refractivity contribution in [2.24, 2.45) is 5.16 Å². The highest BCUT2D eigenvalue weighted by Crippen LogP contribution is 2.24. The zero-order valence-corrected chi connectivity index (χ0v) is 21.0. The van der Waals surface area contributed by atoms with Crippen LogP contribution in [0.4, 0.5) is 4.79 Å². The molecule has 0 saturated heterocycles. The van der Waals surface area contributed by atoms with Gasteiger partial charge >= 0.3 is 12.1 Å². The molecule has 39 heavy (non-hydrogen) atoms. The molecular formula is C27H28N4O8. The van der Waals surface area contributed by atoms with Gasteiger partial charge in [0.25, 0.3) is 11.8 Å². The van der Waals surface area contributed by atoms with Crippen molar-refractivity contribution in [1.82, 2.24) is 15.5 Å². The lowest BCUT2D eigenvalue weighted by Gasteiger charge is -2.16. The number of benzene rings is 2. The van der Waals surface area contributed by atoms with Gasteiger partial charge in [0.05, 0.1) is 16.8 Å². The fraction of sp³-hybridized carbons (Fsp3) is 0.333. The maximum atomic E-state index is 12.5. The van der Waals surface area contributed by atoms with E-state index >= 15 is 0 Å². The van der Waals surface area contributed by atoms with Crippen LogP contribution >= 0.6 is 0 Å². The zero-order valence-electron chi connectivity index (χ0n) is 21.0. The minimum atomic E-state index is -1.36. The predicted octanol–water partition coefficient (Wildman–Crippen LogP) is 2.09. The van der Waals surface area contributed by atoms with Gasteiger partial charge in [0.1, 0.15) is 18.8 Å². The normalized spacial score (nSPS) is 16.7. The van der Waals surface area contributed by atoms with Crippen molar-refractivity contribution in [2.45, 2.75) is 44.4 Å². The van der Waals surface area contributed by atoms with Gasteiger partial charge in [-0.3, -0.25) is 19.3 Å². The third-order valence-electron chi connectivity index (χ3n) is 6.30. The van der Waals surface area contributed by atoms with Gasteiger partial charge in [-0.15, -0.1) is 0 Å². The lowest BCUT2D eigenvalue weighted by Crippen LogP contribution is -2.48. The first-order valence-corrected chi connectivity index (χ1v) is 12.5. The largest absolute Gasteiger partial charge is 0.480 e. The molecule has 3 N–H and O–H groups in total. The molecule has 0 fully saturated rings. The number of carboxylic acids is 1. The average molecular weight is 537 g/mol. The monoisotopic (exact) mass is 536 g/mol. The molecule has 4 rings (SSSR count). The number of alkyl carbamates (subject to hydrolysis) is 1. The van der Waals surface area contributed by atoms with Gasteiger partial charge in [-0.05, 0) is 24.1 Å². The Kier molecular flexibility index (Phi) is 8.87. The molecule has 2 aliphatic heterocycles.